The first-order valence-electron chi connectivity index (χ1n) is 6.92. The van der Waals surface area contributed by atoms with E-state index in [2.05, 4.69) is 4.72 Å². The van der Waals surface area contributed by atoms with Crippen LogP contribution in [0.5, 0.6) is 0 Å². The SMILES string of the molecule is Cc1cc(S(=O)(=O)NCC2CCCCO2)ccc1C(N)=S. The lowest BCUT2D eigenvalue weighted by Crippen LogP contribution is -2.35. The first kappa shape index (κ1) is 16.4. The van der Waals surface area contributed by atoms with Crippen molar-refractivity contribution in [3.05, 3.63) is 29.3 Å². The Morgan fingerprint density at radius 3 is 2.81 bits per heavy atom. The molecule has 1 unspecified atom stereocenters. The summed E-state index contributed by atoms with van der Waals surface area (Å²) in [5.74, 6) is 0. The Morgan fingerprint density at radius 2 is 2.24 bits per heavy atom. The van der Waals surface area contributed by atoms with E-state index in [1.165, 1.54) is 6.07 Å². The number of nitrogens with one attached hydrogen (secondary N) is 1. The molecule has 1 saturated heterocycles. The summed E-state index contributed by atoms with van der Waals surface area (Å²) in [6.45, 7) is 2.80. The fourth-order valence-corrected chi connectivity index (χ4v) is 3.71. The number of ether oxygens (including phenoxy) is 1. The van der Waals surface area contributed by atoms with Gasteiger partial charge < -0.3 is 10.5 Å². The normalized spacial score (nSPS) is 19.4. The molecule has 21 heavy (non-hydrogen) atoms. The van der Waals surface area contributed by atoms with Gasteiger partial charge in [0, 0.05) is 18.7 Å². The minimum atomic E-state index is -3.54. The van der Waals surface area contributed by atoms with Crippen LogP contribution in [-0.4, -0.2) is 32.7 Å². The Morgan fingerprint density at radius 1 is 1.48 bits per heavy atom. The molecule has 0 spiro atoms. The van der Waals surface area contributed by atoms with E-state index in [1.54, 1.807) is 19.1 Å². The molecule has 116 valence electrons. The molecule has 1 atom stereocenters. The van der Waals surface area contributed by atoms with Gasteiger partial charge in [-0.1, -0.05) is 18.3 Å². The average molecular weight is 328 g/mol. The van der Waals surface area contributed by atoms with Gasteiger partial charge in [0.15, 0.2) is 0 Å². The summed E-state index contributed by atoms with van der Waals surface area (Å²) in [4.78, 5) is 0.482. The first-order valence-corrected chi connectivity index (χ1v) is 8.81. The highest BCUT2D eigenvalue weighted by molar-refractivity contribution is 7.89. The highest BCUT2D eigenvalue weighted by atomic mass is 32.2. The molecule has 1 fully saturated rings. The van der Waals surface area contributed by atoms with E-state index in [9.17, 15) is 8.42 Å². The van der Waals surface area contributed by atoms with E-state index >= 15 is 0 Å². The summed E-state index contributed by atoms with van der Waals surface area (Å²) >= 11 is 4.92. The van der Waals surface area contributed by atoms with Crippen molar-refractivity contribution in [2.24, 2.45) is 5.73 Å². The van der Waals surface area contributed by atoms with Gasteiger partial charge in [-0.05, 0) is 43.9 Å². The molecular weight excluding hydrogens is 308 g/mol. The Hall–Kier alpha value is -1.02. The third-order valence-electron chi connectivity index (χ3n) is 3.55. The molecule has 1 aliphatic rings. The van der Waals surface area contributed by atoms with Crippen LogP contribution in [0.15, 0.2) is 23.1 Å². The molecule has 1 aromatic rings. The number of benzene rings is 1. The molecule has 2 rings (SSSR count). The molecule has 0 bridgehead atoms. The molecule has 0 radical (unpaired) electrons. The van der Waals surface area contributed by atoms with Crippen molar-refractivity contribution in [2.45, 2.75) is 37.2 Å². The molecule has 1 heterocycles. The molecule has 0 amide bonds. The summed E-state index contributed by atoms with van der Waals surface area (Å²) in [6.07, 6.45) is 2.98. The smallest absolute Gasteiger partial charge is 0.240 e. The monoisotopic (exact) mass is 328 g/mol. The minimum Gasteiger partial charge on any atom is -0.389 e. The maximum Gasteiger partial charge on any atom is 0.240 e. The van der Waals surface area contributed by atoms with Crippen molar-refractivity contribution in [2.75, 3.05) is 13.2 Å². The Bertz CT molecular complexity index is 623. The predicted octanol–water partition coefficient (Wildman–Crippen LogP) is 1.48. The Balaban J connectivity index is 2.08. The first-order chi connectivity index (χ1) is 9.90. The molecule has 0 aliphatic carbocycles. The summed E-state index contributed by atoms with van der Waals surface area (Å²) in [5, 5.41) is 0. The molecule has 5 nitrogen and oxygen atoms in total. The number of hydrogen-bond donors (Lipinski definition) is 2. The van der Waals surface area contributed by atoms with E-state index in [0.29, 0.717) is 18.7 Å². The van der Waals surface area contributed by atoms with E-state index < -0.39 is 10.0 Å². The third kappa shape index (κ3) is 4.23. The second kappa shape index (κ2) is 6.83. The van der Waals surface area contributed by atoms with Crippen LogP contribution in [0, 0.1) is 6.92 Å². The van der Waals surface area contributed by atoms with Crippen molar-refractivity contribution in [3.8, 4) is 0 Å². The molecule has 3 N–H and O–H groups in total. The van der Waals surface area contributed by atoms with Crippen LogP contribution in [0.2, 0.25) is 0 Å². The van der Waals surface area contributed by atoms with Gasteiger partial charge >= 0.3 is 0 Å². The van der Waals surface area contributed by atoms with Gasteiger partial charge in [-0.15, -0.1) is 0 Å². The maximum absolute atomic E-state index is 12.3. The summed E-state index contributed by atoms with van der Waals surface area (Å²) in [6, 6.07) is 4.74. The fourth-order valence-electron chi connectivity index (χ4n) is 2.33. The van der Waals surface area contributed by atoms with Gasteiger partial charge in [0.25, 0.3) is 0 Å². The molecule has 1 aliphatic heterocycles. The standard InChI is InChI=1S/C14H20N2O3S2/c1-10-8-12(5-6-13(10)14(15)20)21(17,18)16-9-11-4-2-3-7-19-11/h5-6,8,11,16H,2-4,7,9H2,1H3,(H2,15,20). The van der Waals surface area contributed by atoms with Crippen LogP contribution in [-0.2, 0) is 14.8 Å². The van der Waals surface area contributed by atoms with Crippen molar-refractivity contribution in [1.29, 1.82) is 0 Å². The lowest BCUT2D eigenvalue weighted by molar-refractivity contribution is 0.0200. The van der Waals surface area contributed by atoms with E-state index in [-0.39, 0.29) is 16.0 Å². The molecule has 7 heteroatoms. The van der Waals surface area contributed by atoms with Crippen molar-refractivity contribution < 1.29 is 13.2 Å². The summed E-state index contributed by atoms with van der Waals surface area (Å²) in [7, 11) is -3.54. The highest BCUT2D eigenvalue weighted by Crippen LogP contribution is 2.17. The number of sulfonamides is 1. The lowest BCUT2D eigenvalue weighted by atomic mass is 10.1. The van der Waals surface area contributed by atoms with Gasteiger partial charge in [-0.2, -0.15) is 0 Å². The molecule has 0 saturated carbocycles. The van der Waals surface area contributed by atoms with Crippen LogP contribution in [0.4, 0.5) is 0 Å². The zero-order valence-corrected chi connectivity index (χ0v) is 13.6. The van der Waals surface area contributed by atoms with E-state index in [4.69, 9.17) is 22.7 Å². The van der Waals surface area contributed by atoms with E-state index in [0.717, 1.165) is 24.8 Å². The molecular formula is C14H20N2O3S2. The number of hydrogen-bond acceptors (Lipinski definition) is 4. The Kier molecular flexibility index (Phi) is 5.32. The predicted molar refractivity (Wildman–Crippen MR) is 85.8 cm³/mol. The topological polar surface area (TPSA) is 81.4 Å². The quantitative estimate of drug-likeness (QED) is 0.800. The Labute approximate surface area is 130 Å². The number of thiocarbonyl (C=S) groups is 1. The van der Waals surface area contributed by atoms with Crippen LogP contribution >= 0.6 is 12.2 Å². The van der Waals surface area contributed by atoms with Crippen LogP contribution < -0.4 is 10.5 Å². The third-order valence-corrected chi connectivity index (χ3v) is 5.19. The zero-order chi connectivity index (χ0) is 15.5. The van der Waals surface area contributed by atoms with Crippen molar-refractivity contribution in [3.63, 3.8) is 0 Å². The van der Waals surface area contributed by atoms with Crippen LogP contribution in [0.25, 0.3) is 0 Å². The van der Waals surface area contributed by atoms with Gasteiger partial charge in [-0.3, -0.25) is 0 Å². The van der Waals surface area contributed by atoms with Gasteiger partial charge in [0.2, 0.25) is 10.0 Å². The largest absolute Gasteiger partial charge is 0.389 e. The van der Waals surface area contributed by atoms with Gasteiger partial charge in [0.1, 0.15) is 4.99 Å². The van der Waals surface area contributed by atoms with Crippen molar-refractivity contribution >= 4 is 27.2 Å². The fraction of sp³-hybridized carbons (Fsp3) is 0.500. The van der Waals surface area contributed by atoms with Crippen LogP contribution in [0.1, 0.15) is 30.4 Å². The second-order valence-corrected chi connectivity index (χ2v) is 7.39. The zero-order valence-electron chi connectivity index (χ0n) is 12.0. The summed E-state index contributed by atoms with van der Waals surface area (Å²) in [5.41, 5.74) is 7.02. The van der Waals surface area contributed by atoms with Gasteiger partial charge in [-0.25, -0.2) is 13.1 Å². The minimum absolute atomic E-state index is 0.0366. The average Bonchev–Trinajstić information content (AvgIpc) is 2.46. The van der Waals surface area contributed by atoms with E-state index in [1.807, 2.05) is 0 Å². The second-order valence-electron chi connectivity index (χ2n) is 5.18. The molecule has 1 aromatic carbocycles. The number of nitrogens with two attached hydrogens (primary N) is 1. The number of aryl methyl sites for hydroxylation is 1. The van der Waals surface area contributed by atoms with Crippen molar-refractivity contribution in [1.82, 2.24) is 4.72 Å². The lowest BCUT2D eigenvalue weighted by Gasteiger charge is -2.22. The highest BCUT2D eigenvalue weighted by Gasteiger charge is 2.20. The molecule has 0 aromatic heterocycles. The summed E-state index contributed by atoms with van der Waals surface area (Å²) < 4.78 is 32.7. The van der Waals surface area contributed by atoms with Gasteiger partial charge in [0.05, 0.1) is 11.0 Å². The number of rotatable bonds is 5. The van der Waals surface area contributed by atoms with Crippen LogP contribution in [0.3, 0.4) is 0 Å². The maximum atomic E-state index is 12.3.